The summed E-state index contributed by atoms with van der Waals surface area (Å²) in [6.07, 6.45) is 1.18. The molecule has 112 valence electrons. The summed E-state index contributed by atoms with van der Waals surface area (Å²) in [6, 6.07) is 2.47. The number of carboxylic acids is 1. The van der Waals surface area contributed by atoms with Crippen LogP contribution in [0.2, 0.25) is 0 Å². The molecule has 11 nitrogen and oxygen atoms in total. The Morgan fingerprint density at radius 2 is 2.29 bits per heavy atom. The molecule has 21 heavy (non-hydrogen) atoms. The minimum Gasteiger partial charge on any atom is -0.504 e. The molecule has 0 atom stereocenters. The molecule has 0 amide bonds. The zero-order valence-electron chi connectivity index (χ0n) is 10.7. The highest BCUT2D eigenvalue weighted by molar-refractivity contribution is 6.01. The van der Waals surface area contributed by atoms with Crippen LogP contribution in [-0.4, -0.2) is 55.6 Å². The van der Waals surface area contributed by atoms with Crippen molar-refractivity contribution in [2.45, 2.75) is 0 Å². The van der Waals surface area contributed by atoms with E-state index in [-0.39, 0.29) is 34.1 Å². The highest BCUT2D eigenvalue weighted by atomic mass is 16.5. The van der Waals surface area contributed by atoms with Crippen LogP contribution in [0.15, 0.2) is 17.2 Å². The van der Waals surface area contributed by atoms with Crippen LogP contribution in [0.1, 0.15) is 15.9 Å². The molecule has 0 spiro atoms. The van der Waals surface area contributed by atoms with Crippen molar-refractivity contribution in [2.75, 3.05) is 12.5 Å². The van der Waals surface area contributed by atoms with Gasteiger partial charge >= 0.3 is 5.97 Å². The molecule has 0 aliphatic rings. The van der Waals surface area contributed by atoms with Crippen molar-refractivity contribution < 1.29 is 25.2 Å². The number of carboxylic acid groups (broad SMARTS) is 1. The number of ether oxygens (including phenoxy) is 1. The Labute approximate surface area is 117 Å². The van der Waals surface area contributed by atoms with Crippen molar-refractivity contribution in [2.24, 2.45) is 5.10 Å². The molecule has 0 fully saturated rings. The number of rotatable bonds is 5. The van der Waals surface area contributed by atoms with E-state index in [4.69, 9.17) is 9.84 Å². The number of aromatic nitrogens is 4. The SMILES string of the molecule is COc1c(O)ccc(C(=O)O)c1/C=N/Nc1nn[nH]n1.O. The lowest BCUT2D eigenvalue weighted by molar-refractivity contribution is 0.0696. The molecule has 0 aliphatic carbocycles. The second kappa shape index (κ2) is 6.81. The number of aromatic carboxylic acids is 1. The number of methoxy groups -OCH3 is 1. The maximum atomic E-state index is 11.1. The standard InChI is InChI=1S/C10H10N6O4.H2O/c1-20-8-6(4-11-12-10-13-15-16-14-10)5(9(18)19)2-3-7(8)17;/h2-4,17H,1H3,(H,18,19)(H2,12,13,14,15,16);1H2/b11-4+;. The fraction of sp³-hybridized carbons (Fsp3) is 0.100. The van der Waals surface area contributed by atoms with Crippen molar-refractivity contribution >= 4 is 18.1 Å². The van der Waals surface area contributed by atoms with E-state index >= 15 is 0 Å². The summed E-state index contributed by atoms with van der Waals surface area (Å²) < 4.78 is 4.97. The van der Waals surface area contributed by atoms with Gasteiger partial charge < -0.3 is 20.4 Å². The van der Waals surface area contributed by atoms with Gasteiger partial charge in [-0.05, 0) is 17.3 Å². The number of phenols is 1. The van der Waals surface area contributed by atoms with Crippen molar-refractivity contribution in [3.8, 4) is 11.5 Å². The molecule has 1 aromatic carbocycles. The number of nitrogens with one attached hydrogen (secondary N) is 2. The van der Waals surface area contributed by atoms with Gasteiger partial charge in [-0.1, -0.05) is 5.10 Å². The van der Waals surface area contributed by atoms with E-state index in [9.17, 15) is 9.90 Å². The maximum Gasteiger partial charge on any atom is 0.336 e. The van der Waals surface area contributed by atoms with E-state index in [0.29, 0.717) is 0 Å². The summed E-state index contributed by atoms with van der Waals surface area (Å²) in [4.78, 5) is 11.1. The van der Waals surface area contributed by atoms with Gasteiger partial charge in [0.1, 0.15) is 0 Å². The molecule has 0 radical (unpaired) electrons. The number of nitrogens with zero attached hydrogens (tertiary/aromatic N) is 4. The third-order valence-corrected chi connectivity index (χ3v) is 2.31. The number of hydrogen-bond acceptors (Lipinski definition) is 8. The molecule has 0 saturated heterocycles. The maximum absolute atomic E-state index is 11.1. The first-order chi connectivity index (χ1) is 9.63. The summed E-state index contributed by atoms with van der Waals surface area (Å²) in [6.45, 7) is 0. The van der Waals surface area contributed by atoms with Gasteiger partial charge in [0.2, 0.25) is 0 Å². The highest BCUT2D eigenvalue weighted by Gasteiger charge is 2.16. The molecule has 0 bridgehead atoms. The summed E-state index contributed by atoms with van der Waals surface area (Å²) in [5.74, 6) is -1.26. The lowest BCUT2D eigenvalue weighted by Crippen LogP contribution is -2.05. The number of carbonyl (C=O) groups is 1. The highest BCUT2D eigenvalue weighted by Crippen LogP contribution is 2.31. The third-order valence-electron chi connectivity index (χ3n) is 2.31. The second-order valence-corrected chi connectivity index (χ2v) is 3.49. The van der Waals surface area contributed by atoms with E-state index < -0.39 is 5.97 Å². The molecule has 1 heterocycles. The molecule has 0 saturated carbocycles. The quantitative estimate of drug-likeness (QED) is 0.410. The number of anilines is 1. The fourth-order valence-electron chi connectivity index (χ4n) is 1.48. The van der Waals surface area contributed by atoms with Gasteiger partial charge in [0.15, 0.2) is 11.5 Å². The van der Waals surface area contributed by atoms with Crippen molar-refractivity contribution in [1.82, 2.24) is 20.6 Å². The Morgan fingerprint density at radius 3 is 2.86 bits per heavy atom. The number of phenolic OH excluding ortho intramolecular Hbond substituents is 1. The second-order valence-electron chi connectivity index (χ2n) is 3.49. The first-order valence-electron chi connectivity index (χ1n) is 5.29. The largest absolute Gasteiger partial charge is 0.504 e. The van der Waals surface area contributed by atoms with Crippen LogP contribution in [0.3, 0.4) is 0 Å². The molecule has 0 aliphatic heterocycles. The van der Waals surface area contributed by atoms with Crippen LogP contribution < -0.4 is 10.2 Å². The average molecular weight is 296 g/mol. The van der Waals surface area contributed by atoms with Crippen LogP contribution in [0.25, 0.3) is 0 Å². The summed E-state index contributed by atoms with van der Waals surface area (Å²) in [7, 11) is 1.31. The van der Waals surface area contributed by atoms with E-state index in [0.717, 1.165) is 0 Å². The smallest absolute Gasteiger partial charge is 0.336 e. The predicted molar refractivity (Wildman–Crippen MR) is 70.6 cm³/mol. The molecule has 2 rings (SSSR count). The lowest BCUT2D eigenvalue weighted by Gasteiger charge is -2.09. The zero-order chi connectivity index (χ0) is 14.5. The van der Waals surface area contributed by atoms with Gasteiger partial charge in [-0.3, -0.25) is 0 Å². The molecule has 11 heteroatoms. The molecule has 1 aromatic heterocycles. The number of benzene rings is 1. The van der Waals surface area contributed by atoms with Crippen molar-refractivity contribution in [3.63, 3.8) is 0 Å². The van der Waals surface area contributed by atoms with E-state index in [2.05, 4.69) is 31.2 Å². The van der Waals surface area contributed by atoms with Crippen LogP contribution in [0.5, 0.6) is 11.5 Å². The number of hydrogen-bond donors (Lipinski definition) is 4. The number of hydrazone groups is 1. The lowest BCUT2D eigenvalue weighted by atomic mass is 10.1. The van der Waals surface area contributed by atoms with Gasteiger partial charge in [-0.25, -0.2) is 10.2 Å². The van der Waals surface area contributed by atoms with E-state index in [1.165, 1.54) is 25.5 Å². The van der Waals surface area contributed by atoms with Gasteiger partial charge in [0, 0.05) is 0 Å². The van der Waals surface area contributed by atoms with E-state index in [1.54, 1.807) is 0 Å². The topological polar surface area (TPSA) is 177 Å². The Balaban J connectivity index is 0.00000220. The van der Waals surface area contributed by atoms with Crippen LogP contribution in [-0.2, 0) is 0 Å². The molecule has 2 aromatic rings. The monoisotopic (exact) mass is 296 g/mol. The Bertz CT molecular complexity index is 642. The van der Waals surface area contributed by atoms with Crippen molar-refractivity contribution in [1.29, 1.82) is 0 Å². The first-order valence-corrected chi connectivity index (χ1v) is 5.29. The number of aromatic hydroxyl groups is 1. The Hall–Kier alpha value is -3.21. The first kappa shape index (κ1) is 15.8. The number of tetrazole rings is 1. The minimum atomic E-state index is -1.18. The van der Waals surface area contributed by atoms with Crippen LogP contribution in [0, 0.1) is 0 Å². The van der Waals surface area contributed by atoms with Gasteiger partial charge in [-0.15, -0.1) is 5.10 Å². The average Bonchev–Trinajstić information content (AvgIpc) is 2.92. The Morgan fingerprint density at radius 1 is 1.52 bits per heavy atom. The van der Waals surface area contributed by atoms with Crippen LogP contribution >= 0.6 is 0 Å². The van der Waals surface area contributed by atoms with Crippen LogP contribution in [0.4, 0.5) is 5.95 Å². The molecular formula is C10H12N6O5. The third kappa shape index (κ3) is 3.42. The predicted octanol–water partition coefficient (Wildman–Crippen LogP) is -0.767. The number of aromatic amines is 1. The summed E-state index contributed by atoms with van der Waals surface area (Å²) in [5.41, 5.74) is 2.47. The van der Waals surface area contributed by atoms with Gasteiger partial charge in [0.25, 0.3) is 5.95 Å². The van der Waals surface area contributed by atoms with Gasteiger partial charge in [0.05, 0.1) is 24.5 Å². The summed E-state index contributed by atoms with van der Waals surface area (Å²) >= 11 is 0. The minimum absolute atomic E-state index is 0. The molecule has 0 unspecified atom stereocenters. The number of H-pyrrole nitrogens is 1. The normalized spacial score (nSPS) is 10.1. The van der Waals surface area contributed by atoms with Crippen molar-refractivity contribution in [3.05, 3.63) is 23.3 Å². The van der Waals surface area contributed by atoms with E-state index in [1.807, 2.05) is 0 Å². The van der Waals surface area contributed by atoms with Gasteiger partial charge in [-0.2, -0.15) is 10.3 Å². The summed E-state index contributed by atoms with van der Waals surface area (Å²) in [5, 5.41) is 35.2. The fourth-order valence-corrected chi connectivity index (χ4v) is 1.48. The molecule has 6 N–H and O–H groups in total. The zero-order valence-corrected chi connectivity index (χ0v) is 10.7. The Kier molecular flexibility index (Phi) is 5.14. The molecular weight excluding hydrogens is 284 g/mol.